The summed E-state index contributed by atoms with van der Waals surface area (Å²) >= 11 is 0. The zero-order valence-electron chi connectivity index (χ0n) is 7.37. The number of hydrogen-bond donors (Lipinski definition) is 1. The Kier molecular flexibility index (Phi) is 2.07. The number of rotatable bonds is 3. The number of benzene rings is 1. The fraction of sp³-hybridized carbons (Fsp3) is 0.333. The van der Waals surface area contributed by atoms with Gasteiger partial charge in [-0.1, -0.05) is 0 Å². The first-order chi connectivity index (χ1) is 6.66. The number of nitrogens with one attached hydrogen (secondary N) is 1. The van der Waals surface area contributed by atoms with Gasteiger partial charge in [0, 0.05) is 18.2 Å². The molecule has 0 saturated heterocycles. The Bertz CT molecular complexity index is 377. The van der Waals surface area contributed by atoms with Crippen molar-refractivity contribution in [1.82, 2.24) is 0 Å². The Morgan fingerprint density at radius 1 is 1.50 bits per heavy atom. The Balaban J connectivity index is 2.26. The molecule has 1 saturated carbocycles. The van der Waals surface area contributed by atoms with Gasteiger partial charge in [0.1, 0.15) is 5.82 Å². The highest BCUT2D eigenvalue weighted by molar-refractivity contribution is 5.53. The maximum atomic E-state index is 13.1. The molecular weight excluding hydrogens is 187 g/mol. The third-order valence-corrected chi connectivity index (χ3v) is 2.10. The summed E-state index contributed by atoms with van der Waals surface area (Å²) in [4.78, 5) is 9.89. The molecule has 5 heteroatoms. The number of nitrogens with zero attached hydrogens (tertiary/aromatic N) is 1. The molecule has 0 radical (unpaired) electrons. The van der Waals surface area contributed by atoms with Crippen molar-refractivity contribution in [2.75, 3.05) is 5.32 Å². The monoisotopic (exact) mass is 196 g/mol. The van der Waals surface area contributed by atoms with Crippen molar-refractivity contribution >= 4 is 11.4 Å². The lowest BCUT2D eigenvalue weighted by Gasteiger charge is -2.04. The molecule has 14 heavy (non-hydrogen) atoms. The van der Waals surface area contributed by atoms with Gasteiger partial charge < -0.3 is 5.32 Å². The van der Waals surface area contributed by atoms with Crippen LogP contribution in [0.3, 0.4) is 0 Å². The molecule has 4 nitrogen and oxygen atoms in total. The van der Waals surface area contributed by atoms with Gasteiger partial charge in [0.25, 0.3) is 5.69 Å². The first-order valence-electron chi connectivity index (χ1n) is 4.37. The van der Waals surface area contributed by atoms with E-state index in [1.54, 1.807) is 0 Å². The summed E-state index contributed by atoms with van der Waals surface area (Å²) in [6.45, 7) is 0. The SMILES string of the molecule is O=[N+]([O-])c1ccc(F)c(NC2CC2)c1. The predicted molar refractivity (Wildman–Crippen MR) is 49.7 cm³/mol. The Hall–Kier alpha value is -1.65. The molecule has 1 N–H and O–H groups in total. The molecule has 1 aromatic carbocycles. The topological polar surface area (TPSA) is 55.2 Å². The Morgan fingerprint density at radius 3 is 2.79 bits per heavy atom. The molecule has 0 unspecified atom stereocenters. The van der Waals surface area contributed by atoms with Crippen molar-refractivity contribution in [1.29, 1.82) is 0 Å². The fourth-order valence-electron chi connectivity index (χ4n) is 1.19. The van der Waals surface area contributed by atoms with Crippen LogP contribution in [0.1, 0.15) is 12.8 Å². The van der Waals surface area contributed by atoms with Gasteiger partial charge in [-0.05, 0) is 18.9 Å². The second-order valence-electron chi connectivity index (χ2n) is 3.34. The highest BCUT2D eigenvalue weighted by atomic mass is 19.1. The van der Waals surface area contributed by atoms with Gasteiger partial charge in [-0.15, -0.1) is 0 Å². The molecule has 1 fully saturated rings. The van der Waals surface area contributed by atoms with Gasteiger partial charge in [-0.2, -0.15) is 0 Å². The molecule has 1 aliphatic rings. The summed E-state index contributed by atoms with van der Waals surface area (Å²) in [5.41, 5.74) is 0.135. The third-order valence-electron chi connectivity index (χ3n) is 2.10. The zero-order valence-corrected chi connectivity index (χ0v) is 7.37. The lowest BCUT2D eigenvalue weighted by Crippen LogP contribution is -2.03. The highest BCUT2D eigenvalue weighted by Gasteiger charge is 2.23. The van der Waals surface area contributed by atoms with Crippen LogP contribution < -0.4 is 5.32 Å². The van der Waals surface area contributed by atoms with Crippen molar-refractivity contribution in [2.24, 2.45) is 0 Å². The van der Waals surface area contributed by atoms with Crippen molar-refractivity contribution in [3.8, 4) is 0 Å². The number of nitro groups is 1. The molecule has 1 aliphatic carbocycles. The first kappa shape index (κ1) is 8.93. The minimum atomic E-state index is -0.530. The van der Waals surface area contributed by atoms with E-state index in [9.17, 15) is 14.5 Å². The maximum Gasteiger partial charge on any atom is 0.271 e. The van der Waals surface area contributed by atoms with E-state index in [1.807, 2.05) is 0 Å². The average molecular weight is 196 g/mol. The molecule has 0 aromatic heterocycles. The van der Waals surface area contributed by atoms with Crippen LogP contribution in [0, 0.1) is 15.9 Å². The van der Waals surface area contributed by atoms with Crippen LogP contribution in [0.2, 0.25) is 0 Å². The van der Waals surface area contributed by atoms with Gasteiger partial charge in [0.05, 0.1) is 10.6 Å². The van der Waals surface area contributed by atoms with Crippen LogP contribution in [-0.2, 0) is 0 Å². The van der Waals surface area contributed by atoms with Gasteiger partial charge in [-0.25, -0.2) is 4.39 Å². The number of halogens is 1. The predicted octanol–water partition coefficient (Wildman–Crippen LogP) is 2.31. The van der Waals surface area contributed by atoms with E-state index in [0.717, 1.165) is 25.0 Å². The third kappa shape index (κ3) is 1.81. The van der Waals surface area contributed by atoms with E-state index in [2.05, 4.69) is 5.32 Å². The standard InChI is InChI=1S/C9H9FN2O2/c10-8-4-3-7(12(13)14)5-9(8)11-6-1-2-6/h3-6,11H,1-2H2. The summed E-state index contributed by atoms with van der Waals surface area (Å²) < 4.78 is 13.1. The average Bonchev–Trinajstić information content (AvgIpc) is 2.92. The van der Waals surface area contributed by atoms with Crippen molar-refractivity contribution in [3.63, 3.8) is 0 Å². The van der Waals surface area contributed by atoms with Crippen LogP contribution in [-0.4, -0.2) is 11.0 Å². The molecule has 0 amide bonds. The molecule has 1 aromatic rings. The van der Waals surface area contributed by atoms with Gasteiger partial charge in [0.2, 0.25) is 0 Å². The largest absolute Gasteiger partial charge is 0.380 e. The maximum absolute atomic E-state index is 13.1. The van der Waals surface area contributed by atoms with Gasteiger partial charge in [0.15, 0.2) is 0 Å². The molecule has 0 spiro atoms. The smallest absolute Gasteiger partial charge is 0.271 e. The van der Waals surface area contributed by atoms with Gasteiger partial charge >= 0.3 is 0 Å². The second kappa shape index (κ2) is 3.25. The van der Waals surface area contributed by atoms with Crippen LogP contribution in [0.4, 0.5) is 15.8 Å². The van der Waals surface area contributed by atoms with E-state index >= 15 is 0 Å². The lowest BCUT2D eigenvalue weighted by atomic mass is 10.2. The quantitative estimate of drug-likeness (QED) is 0.596. The summed E-state index contributed by atoms with van der Waals surface area (Å²) in [5, 5.41) is 13.3. The van der Waals surface area contributed by atoms with Crippen LogP contribution in [0.15, 0.2) is 18.2 Å². The highest BCUT2D eigenvalue weighted by Crippen LogP contribution is 2.28. The van der Waals surface area contributed by atoms with Crippen LogP contribution in [0.25, 0.3) is 0 Å². The van der Waals surface area contributed by atoms with Gasteiger partial charge in [-0.3, -0.25) is 10.1 Å². The molecular formula is C9H9FN2O2. The normalized spacial score (nSPS) is 15.2. The number of non-ortho nitro benzene ring substituents is 1. The summed E-state index contributed by atoms with van der Waals surface area (Å²) in [6, 6.07) is 3.79. The molecule has 74 valence electrons. The molecule has 0 atom stereocenters. The molecule has 0 heterocycles. The molecule has 2 rings (SSSR count). The van der Waals surface area contributed by atoms with Crippen molar-refractivity contribution in [3.05, 3.63) is 34.1 Å². The number of anilines is 1. The number of hydrogen-bond acceptors (Lipinski definition) is 3. The molecule has 0 bridgehead atoms. The van der Waals surface area contributed by atoms with E-state index in [-0.39, 0.29) is 17.4 Å². The Morgan fingerprint density at radius 2 is 2.21 bits per heavy atom. The number of nitro benzene ring substituents is 1. The minimum absolute atomic E-state index is 0.0884. The van der Waals surface area contributed by atoms with Crippen molar-refractivity contribution < 1.29 is 9.31 Å². The van der Waals surface area contributed by atoms with Crippen molar-refractivity contribution in [2.45, 2.75) is 18.9 Å². The minimum Gasteiger partial charge on any atom is -0.380 e. The first-order valence-corrected chi connectivity index (χ1v) is 4.37. The van der Waals surface area contributed by atoms with Crippen LogP contribution in [0.5, 0.6) is 0 Å². The molecule has 0 aliphatic heterocycles. The zero-order chi connectivity index (χ0) is 10.1. The van der Waals surface area contributed by atoms with E-state index in [1.165, 1.54) is 6.07 Å². The summed E-state index contributed by atoms with van der Waals surface area (Å²) in [5.74, 6) is -0.442. The summed E-state index contributed by atoms with van der Waals surface area (Å²) in [7, 11) is 0. The van der Waals surface area contributed by atoms with Crippen LogP contribution >= 0.6 is 0 Å². The summed E-state index contributed by atoms with van der Waals surface area (Å²) in [6.07, 6.45) is 2.00. The fourth-order valence-corrected chi connectivity index (χ4v) is 1.19. The second-order valence-corrected chi connectivity index (χ2v) is 3.34. The van der Waals surface area contributed by atoms with E-state index in [0.29, 0.717) is 0 Å². The van der Waals surface area contributed by atoms with E-state index in [4.69, 9.17) is 0 Å². The Labute approximate surface area is 79.9 Å². The lowest BCUT2D eigenvalue weighted by molar-refractivity contribution is -0.384. The van der Waals surface area contributed by atoms with E-state index < -0.39 is 10.7 Å².